The highest BCUT2D eigenvalue weighted by Gasteiger charge is 2.35. The van der Waals surface area contributed by atoms with E-state index in [-0.39, 0.29) is 11.4 Å². The fraction of sp³-hybridized carbons (Fsp3) is 0.444. The third-order valence-corrected chi connectivity index (χ3v) is 4.80. The first-order valence-electron chi connectivity index (χ1n) is 7.99. The van der Waals surface area contributed by atoms with E-state index in [1.165, 1.54) is 0 Å². The summed E-state index contributed by atoms with van der Waals surface area (Å²) in [6.07, 6.45) is 3.50. The molecule has 1 fully saturated rings. The largest absolute Gasteiger partial charge is 0.381 e. The van der Waals surface area contributed by atoms with Crippen LogP contribution in [0.5, 0.6) is 0 Å². The molecule has 1 aromatic carbocycles. The van der Waals surface area contributed by atoms with Gasteiger partial charge in [0.15, 0.2) is 0 Å². The molecule has 0 radical (unpaired) electrons. The van der Waals surface area contributed by atoms with Gasteiger partial charge in [0.2, 0.25) is 0 Å². The summed E-state index contributed by atoms with van der Waals surface area (Å²) in [4.78, 5) is 19.1. The third kappa shape index (κ3) is 3.35. The first-order valence-corrected chi connectivity index (χ1v) is 7.99. The Hall–Kier alpha value is -1.98. The molecule has 122 valence electrons. The Morgan fingerprint density at radius 3 is 2.78 bits per heavy atom. The van der Waals surface area contributed by atoms with Crippen molar-refractivity contribution < 1.29 is 9.53 Å². The minimum Gasteiger partial charge on any atom is -0.381 e. The molecule has 0 bridgehead atoms. The van der Waals surface area contributed by atoms with Gasteiger partial charge in [-0.25, -0.2) is 0 Å². The van der Waals surface area contributed by atoms with Gasteiger partial charge in [-0.05, 0) is 39.1 Å². The molecule has 2 aromatic rings. The van der Waals surface area contributed by atoms with Crippen LogP contribution in [0, 0.1) is 0 Å². The maximum atomic E-state index is 12.5. The fourth-order valence-electron chi connectivity index (χ4n) is 3.08. The molecule has 1 aromatic heterocycles. The van der Waals surface area contributed by atoms with E-state index in [1.807, 2.05) is 30.3 Å². The number of pyridine rings is 1. The normalized spacial score (nSPS) is 17.3. The Labute approximate surface area is 136 Å². The molecule has 1 N–H and O–H groups in total. The number of carbonyl (C=O) groups excluding carboxylic acids is 1. The quantitative estimate of drug-likeness (QED) is 0.939. The lowest BCUT2D eigenvalue weighted by atomic mass is 9.88. The van der Waals surface area contributed by atoms with Crippen LogP contribution in [0.1, 0.15) is 23.2 Å². The molecule has 0 spiro atoms. The SMILES string of the molecule is CN(C)C1(CNC(=O)c2cnc3ccccc3c2)CCOCC1. The average Bonchev–Trinajstić information content (AvgIpc) is 2.60. The predicted octanol–water partition coefficient (Wildman–Crippen LogP) is 2.08. The van der Waals surface area contributed by atoms with Crippen molar-refractivity contribution in [2.24, 2.45) is 0 Å². The second kappa shape index (κ2) is 6.64. The summed E-state index contributed by atoms with van der Waals surface area (Å²) in [5.74, 6) is -0.0732. The Morgan fingerprint density at radius 2 is 2.04 bits per heavy atom. The number of para-hydroxylation sites is 1. The summed E-state index contributed by atoms with van der Waals surface area (Å²) >= 11 is 0. The van der Waals surface area contributed by atoms with Crippen molar-refractivity contribution in [3.05, 3.63) is 42.1 Å². The van der Waals surface area contributed by atoms with Gasteiger partial charge < -0.3 is 15.0 Å². The molecule has 0 aliphatic carbocycles. The molecule has 5 nitrogen and oxygen atoms in total. The number of hydrogen-bond donors (Lipinski definition) is 1. The zero-order chi connectivity index (χ0) is 16.3. The lowest BCUT2D eigenvalue weighted by Crippen LogP contribution is -2.55. The summed E-state index contributed by atoms with van der Waals surface area (Å²) < 4.78 is 5.47. The lowest BCUT2D eigenvalue weighted by molar-refractivity contribution is -0.00658. The van der Waals surface area contributed by atoms with Gasteiger partial charge in [0, 0.05) is 36.9 Å². The van der Waals surface area contributed by atoms with Crippen molar-refractivity contribution in [3.63, 3.8) is 0 Å². The van der Waals surface area contributed by atoms with Gasteiger partial charge in [-0.3, -0.25) is 9.78 Å². The Kier molecular flexibility index (Phi) is 4.59. The summed E-state index contributed by atoms with van der Waals surface area (Å²) in [6.45, 7) is 2.10. The second-order valence-corrected chi connectivity index (χ2v) is 6.33. The van der Waals surface area contributed by atoms with Gasteiger partial charge in [0.05, 0.1) is 11.1 Å². The van der Waals surface area contributed by atoms with Gasteiger partial charge in [0.25, 0.3) is 5.91 Å². The number of nitrogens with zero attached hydrogens (tertiary/aromatic N) is 2. The van der Waals surface area contributed by atoms with E-state index >= 15 is 0 Å². The predicted molar refractivity (Wildman–Crippen MR) is 90.5 cm³/mol. The van der Waals surface area contributed by atoms with Crippen LogP contribution in [0.2, 0.25) is 0 Å². The first kappa shape index (κ1) is 15.9. The number of hydrogen-bond acceptors (Lipinski definition) is 4. The van der Waals surface area contributed by atoms with Crippen LogP contribution in [0.25, 0.3) is 10.9 Å². The van der Waals surface area contributed by atoms with E-state index in [4.69, 9.17) is 4.74 Å². The van der Waals surface area contributed by atoms with Crippen molar-refractivity contribution in [2.75, 3.05) is 33.9 Å². The Balaban J connectivity index is 1.72. The van der Waals surface area contributed by atoms with E-state index in [2.05, 4.69) is 29.3 Å². The first-order chi connectivity index (χ1) is 11.1. The third-order valence-electron chi connectivity index (χ3n) is 4.80. The van der Waals surface area contributed by atoms with E-state index in [0.29, 0.717) is 12.1 Å². The zero-order valence-electron chi connectivity index (χ0n) is 13.7. The number of rotatable bonds is 4. The van der Waals surface area contributed by atoms with Crippen LogP contribution in [0.15, 0.2) is 36.5 Å². The van der Waals surface area contributed by atoms with Gasteiger partial charge >= 0.3 is 0 Å². The second-order valence-electron chi connectivity index (χ2n) is 6.33. The highest BCUT2D eigenvalue weighted by Crippen LogP contribution is 2.25. The highest BCUT2D eigenvalue weighted by atomic mass is 16.5. The fourth-order valence-corrected chi connectivity index (χ4v) is 3.08. The molecule has 0 saturated carbocycles. The van der Waals surface area contributed by atoms with E-state index in [1.54, 1.807) is 6.20 Å². The van der Waals surface area contributed by atoms with Crippen LogP contribution >= 0.6 is 0 Å². The highest BCUT2D eigenvalue weighted by molar-refractivity contribution is 5.97. The summed E-state index contributed by atoms with van der Waals surface area (Å²) in [6, 6.07) is 9.71. The number of fused-ring (bicyclic) bond motifs is 1. The van der Waals surface area contributed by atoms with Crippen molar-refractivity contribution in [3.8, 4) is 0 Å². The number of nitrogens with one attached hydrogen (secondary N) is 1. The molecule has 0 unspecified atom stereocenters. The van der Waals surface area contributed by atoms with Gasteiger partial charge in [0.1, 0.15) is 0 Å². The molecular formula is C18H23N3O2. The molecule has 23 heavy (non-hydrogen) atoms. The standard InChI is InChI=1S/C18H23N3O2/c1-21(2)18(7-9-23-10-8-18)13-20-17(22)15-11-14-5-3-4-6-16(14)19-12-15/h3-6,11-12H,7-10,13H2,1-2H3,(H,20,22). The molecule has 5 heteroatoms. The molecule has 1 aliphatic heterocycles. The summed E-state index contributed by atoms with van der Waals surface area (Å²) in [7, 11) is 4.13. The minimum absolute atomic E-state index is 0.0296. The average molecular weight is 313 g/mol. The Morgan fingerprint density at radius 1 is 1.30 bits per heavy atom. The molecule has 1 aliphatic rings. The van der Waals surface area contributed by atoms with Crippen molar-refractivity contribution in [1.82, 2.24) is 15.2 Å². The number of likely N-dealkylation sites (N-methyl/N-ethyl adjacent to an activating group) is 1. The molecular weight excluding hydrogens is 290 g/mol. The summed E-state index contributed by atoms with van der Waals surface area (Å²) in [5, 5.41) is 4.06. The van der Waals surface area contributed by atoms with Crippen molar-refractivity contribution >= 4 is 16.8 Å². The number of aromatic nitrogens is 1. The smallest absolute Gasteiger partial charge is 0.252 e. The van der Waals surface area contributed by atoms with Crippen molar-refractivity contribution in [2.45, 2.75) is 18.4 Å². The molecule has 1 amide bonds. The van der Waals surface area contributed by atoms with Gasteiger partial charge in [-0.1, -0.05) is 18.2 Å². The topological polar surface area (TPSA) is 54.5 Å². The molecule has 3 rings (SSSR count). The molecule has 1 saturated heterocycles. The maximum absolute atomic E-state index is 12.5. The van der Waals surface area contributed by atoms with Crippen LogP contribution < -0.4 is 5.32 Å². The monoisotopic (exact) mass is 313 g/mol. The molecule has 0 atom stereocenters. The van der Waals surface area contributed by atoms with E-state index in [0.717, 1.165) is 37.0 Å². The maximum Gasteiger partial charge on any atom is 0.252 e. The van der Waals surface area contributed by atoms with Gasteiger partial charge in [-0.2, -0.15) is 0 Å². The lowest BCUT2D eigenvalue weighted by Gasteiger charge is -2.42. The Bertz CT molecular complexity index is 693. The number of benzene rings is 1. The zero-order valence-corrected chi connectivity index (χ0v) is 13.7. The number of ether oxygens (including phenoxy) is 1. The van der Waals surface area contributed by atoms with E-state index < -0.39 is 0 Å². The van der Waals surface area contributed by atoms with Crippen LogP contribution in [-0.4, -0.2) is 55.2 Å². The van der Waals surface area contributed by atoms with Crippen LogP contribution in [-0.2, 0) is 4.74 Å². The number of amides is 1. The summed E-state index contributed by atoms with van der Waals surface area (Å²) in [5.41, 5.74) is 1.47. The van der Waals surface area contributed by atoms with E-state index in [9.17, 15) is 4.79 Å². The number of carbonyl (C=O) groups is 1. The van der Waals surface area contributed by atoms with Crippen molar-refractivity contribution in [1.29, 1.82) is 0 Å². The van der Waals surface area contributed by atoms with Crippen LogP contribution in [0.4, 0.5) is 0 Å². The van der Waals surface area contributed by atoms with Gasteiger partial charge in [-0.15, -0.1) is 0 Å². The minimum atomic E-state index is -0.0732. The van der Waals surface area contributed by atoms with Crippen LogP contribution in [0.3, 0.4) is 0 Å². The molecule has 2 heterocycles.